The molecule has 0 radical (unpaired) electrons. The van der Waals surface area contributed by atoms with E-state index in [-0.39, 0.29) is 30.3 Å². The molecule has 1 fully saturated rings. The van der Waals surface area contributed by atoms with Gasteiger partial charge in [-0.25, -0.2) is 8.42 Å². The van der Waals surface area contributed by atoms with E-state index < -0.39 is 21.8 Å². The van der Waals surface area contributed by atoms with Crippen LogP contribution in [-0.4, -0.2) is 57.9 Å². The Bertz CT molecular complexity index is 750. The molecule has 0 aromatic heterocycles. The van der Waals surface area contributed by atoms with Crippen LogP contribution >= 0.6 is 0 Å². The molecular weight excluding hydrogens is 350 g/mol. The average Bonchev–Trinajstić information content (AvgIpc) is 2.94. The van der Waals surface area contributed by atoms with Crippen LogP contribution in [0, 0.1) is 0 Å². The van der Waals surface area contributed by atoms with Crippen molar-refractivity contribution in [2.45, 2.75) is 12.8 Å². The van der Waals surface area contributed by atoms with Gasteiger partial charge in [0, 0.05) is 25.8 Å². The number of amides is 2. The summed E-state index contributed by atoms with van der Waals surface area (Å²) in [5, 5.41) is 13.4. The molecular formula is C15H21N3O6S. The van der Waals surface area contributed by atoms with E-state index in [9.17, 15) is 18.0 Å². The second-order valence-corrected chi connectivity index (χ2v) is 7.43. The highest BCUT2D eigenvalue weighted by atomic mass is 32.2. The van der Waals surface area contributed by atoms with Crippen LogP contribution in [0.3, 0.4) is 0 Å². The van der Waals surface area contributed by atoms with Crippen molar-refractivity contribution in [3.63, 3.8) is 0 Å². The molecule has 0 aliphatic carbocycles. The van der Waals surface area contributed by atoms with Crippen LogP contribution in [0.2, 0.25) is 0 Å². The van der Waals surface area contributed by atoms with Gasteiger partial charge < -0.3 is 20.5 Å². The van der Waals surface area contributed by atoms with Crippen LogP contribution in [0.4, 0.5) is 11.4 Å². The number of carbonyl (C=O) groups is 2. The molecule has 10 heteroatoms. The molecule has 0 unspecified atom stereocenters. The Morgan fingerprint density at radius 1 is 1.32 bits per heavy atom. The number of rotatable bonds is 6. The SMILES string of the molecule is COc1cc(N2CCCS2(=O)=O)ccc1NC(=O)C(=O)NCCCO. The molecule has 2 rings (SSSR count). The normalized spacial score (nSPS) is 15.7. The molecule has 25 heavy (non-hydrogen) atoms. The molecule has 9 nitrogen and oxygen atoms in total. The summed E-state index contributed by atoms with van der Waals surface area (Å²) in [5.74, 6) is -1.36. The summed E-state index contributed by atoms with van der Waals surface area (Å²) in [6.07, 6.45) is 0.901. The number of hydrogen-bond donors (Lipinski definition) is 3. The van der Waals surface area contributed by atoms with Gasteiger partial charge in [0.05, 0.1) is 24.2 Å². The van der Waals surface area contributed by atoms with E-state index in [4.69, 9.17) is 9.84 Å². The zero-order chi connectivity index (χ0) is 18.4. The van der Waals surface area contributed by atoms with Crippen molar-refractivity contribution in [3.05, 3.63) is 18.2 Å². The lowest BCUT2D eigenvalue weighted by Gasteiger charge is -2.19. The zero-order valence-electron chi connectivity index (χ0n) is 13.8. The lowest BCUT2D eigenvalue weighted by molar-refractivity contribution is -0.136. The number of sulfonamides is 1. The average molecular weight is 371 g/mol. The fraction of sp³-hybridized carbons (Fsp3) is 0.467. The summed E-state index contributed by atoms with van der Waals surface area (Å²) in [5.41, 5.74) is 0.699. The summed E-state index contributed by atoms with van der Waals surface area (Å²) < 4.78 is 30.5. The van der Waals surface area contributed by atoms with Gasteiger partial charge in [-0.1, -0.05) is 0 Å². The van der Waals surface area contributed by atoms with E-state index in [0.29, 0.717) is 25.1 Å². The number of nitrogens with one attached hydrogen (secondary N) is 2. The minimum Gasteiger partial charge on any atom is -0.494 e. The molecule has 1 heterocycles. The van der Waals surface area contributed by atoms with Gasteiger partial charge in [0.15, 0.2) is 0 Å². The van der Waals surface area contributed by atoms with E-state index in [1.165, 1.54) is 23.5 Å². The number of hydrogen-bond acceptors (Lipinski definition) is 6. The van der Waals surface area contributed by atoms with Crippen LogP contribution in [-0.2, 0) is 19.6 Å². The number of nitrogens with zero attached hydrogens (tertiary/aromatic N) is 1. The molecule has 1 aliphatic heterocycles. The number of carbonyl (C=O) groups excluding carboxylic acids is 2. The number of anilines is 2. The molecule has 3 N–H and O–H groups in total. The maximum atomic E-state index is 12.0. The molecule has 138 valence electrons. The van der Waals surface area contributed by atoms with Crippen molar-refractivity contribution >= 4 is 33.2 Å². The fourth-order valence-corrected chi connectivity index (χ4v) is 3.96. The predicted molar refractivity (Wildman–Crippen MR) is 92.1 cm³/mol. The lowest BCUT2D eigenvalue weighted by atomic mass is 10.2. The molecule has 0 atom stereocenters. The molecule has 0 bridgehead atoms. The maximum absolute atomic E-state index is 12.0. The van der Waals surface area contributed by atoms with E-state index in [1.807, 2.05) is 0 Å². The third-order valence-corrected chi connectivity index (χ3v) is 5.52. The zero-order valence-corrected chi connectivity index (χ0v) is 14.6. The Hall–Kier alpha value is -2.33. The number of ether oxygens (including phenoxy) is 1. The fourth-order valence-electron chi connectivity index (χ4n) is 2.41. The molecule has 1 aromatic rings. The Labute approximate surface area is 146 Å². The van der Waals surface area contributed by atoms with Crippen LogP contribution in [0.1, 0.15) is 12.8 Å². The summed E-state index contributed by atoms with van der Waals surface area (Å²) in [7, 11) is -1.94. The monoisotopic (exact) mass is 371 g/mol. The van der Waals surface area contributed by atoms with Crippen molar-refractivity contribution in [1.82, 2.24) is 5.32 Å². The molecule has 1 saturated heterocycles. The van der Waals surface area contributed by atoms with Crippen LogP contribution in [0.15, 0.2) is 18.2 Å². The van der Waals surface area contributed by atoms with Crippen molar-refractivity contribution in [3.8, 4) is 5.75 Å². The van der Waals surface area contributed by atoms with E-state index in [2.05, 4.69) is 10.6 Å². The summed E-state index contributed by atoms with van der Waals surface area (Å²) in [6, 6.07) is 4.54. The van der Waals surface area contributed by atoms with Gasteiger partial charge in [0.25, 0.3) is 0 Å². The van der Waals surface area contributed by atoms with Crippen molar-refractivity contribution < 1.29 is 27.9 Å². The predicted octanol–water partition coefficient (Wildman–Crippen LogP) is -0.328. The molecule has 1 aliphatic rings. The first-order chi connectivity index (χ1) is 11.9. The Morgan fingerprint density at radius 2 is 2.08 bits per heavy atom. The minimum atomic E-state index is -3.32. The lowest BCUT2D eigenvalue weighted by Crippen LogP contribution is -2.36. The summed E-state index contributed by atoms with van der Waals surface area (Å²) >= 11 is 0. The van der Waals surface area contributed by atoms with Crippen molar-refractivity contribution in [2.24, 2.45) is 0 Å². The second kappa shape index (κ2) is 8.17. The number of aliphatic hydroxyl groups is 1. The quantitative estimate of drug-likeness (QED) is 0.465. The largest absolute Gasteiger partial charge is 0.494 e. The summed E-state index contributed by atoms with van der Waals surface area (Å²) in [4.78, 5) is 23.5. The molecule has 2 amide bonds. The first-order valence-electron chi connectivity index (χ1n) is 7.77. The van der Waals surface area contributed by atoms with Gasteiger partial charge in [-0.3, -0.25) is 13.9 Å². The Morgan fingerprint density at radius 3 is 2.68 bits per heavy atom. The third kappa shape index (κ3) is 4.60. The van der Waals surface area contributed by atoms with Gasteiger partial charge in [0.2, 0.25) is 10.0 Å². The Kier molecular flexibility index (Phi) is 6.21. The topological polar surface area (TPSA) is 125 Å². The highest BCUT2D eigenvalue weighted by Crippen LogP contribution is 2.32. The Balaban J connectivity index is 2.12. The smallest absolute Gasteiger partial charge is 0.313 e. The van der Waals surface area contributed by atoms with Crippen molar-refractivity contribution in [2.75, 3.05) is 42.2 Å². The van der Waals surface area contributed by atoms with Gasteiger partial charge in [0.1, 0.15) is 5.75 Å². The first-order valence-corrected chi connectivity index (χ1v) is 9.38. The maximum Gasteiger partial charge on any atom is 0.313 e. The molecule has 0 saturated carbocycles. The molecule has 1 aromatic carbocycles. The summed E-state index contributed by atoms with van der Waals surface area (Å²) in [6.45, 7) is 0.493. The van der Waals surface area contributed by atoms with Gasteiger partial charge >= 0.3 is 11.8 Å². The number of aliphatic hydroxyl groups excluding tert-OH is 1. The second-order valence-electron chi connectivity index (χ2n) is 5.41. The third-order valence-electron chi connectivity index (χ3n) is 3.65. The van der Waals surface area contributed by atoms with Crippen LogP contribution in [0.25, 0.3) is 0 Å². The van der Waals surface area contributed by atoms with E-state index >= 15 is 0 Å². The highest BCUT2D eigenvalue weighted by Gasteiger charge is 2.29. The first kappa shape index (κ1) is 19.0. The van der Waals surface area contributed by atoms with Crippen molar-refractivity contribution in [1.29, 1.82) is 0 Å². The standard InChI is InChI=1S/C15H21N3O6S/c1-24-13-10-11(18-7-3-9-25(18,22)23)4-5-12(13)17-15(21)14(20)16-6-2-8-19/h4-5,10,19H,2-3,6-9H2,1H3,(H,16,20)(H,17,21). The molecule has 0 spiro atoms. The highest BCUT2D eigenvalue weighted by molar-refractivity contribution is 7.93. The number of methoxy groups -OCH3 is 1. The van der Waals surface area contributed by atoms with Crippen LogP contribution < -0.4 is 19.7 Å². The van der Waals surface area contributed by atoms with E-state index in [1.54, 1.807) is 6.07 Å². The number of benzene rings is 1. The van der Waals surface area contributed by atoms with Gasteiger partial charge in [-0.2, -0.15) is 0 Å². The van der Waals surface area contributed by atoms with Gasteiger partial charge in [-0.15, -0.1) is 0 Å². The van der Waals surface area contributed by atoms with Gasteiger partial charge in [-0.05, 0) is 25.0 Å². The van der Waals surface area contributed by atoms with Crippen LogP contribution in [0.5, 0.6) is 5.75 Å². The van der Waals surface area contributed by atoms with E-state index in [0.717, 1.165) is 0 Å². The minimum absolute atomic E-state index is 0.0867.